The highest BCUT2D eigenvalue weighted by Crippen LogP contribution is 2.19. The summed E-state index contributed by atoms with van der Waals surface area (Å²) in [5.74, 6) is -0.208. The van der Waals surface area contributed by atoms with Crippen LogP contribution in [0, 0.1) is 0 Å². The van der Waals surface area contributed by atoms with Crippen molar-refractivity contribution in [3.63, 3.8) is 0 Å². The van der Waals surface area contributed by atoms with Gasteiger partial charge in [-0.15, -0.1) is 0 Å². The normalized spacial score (nSPS) is 11.7. The third-order valence-corrected chi connectivity index (χ3v) is 6.82. The first kappa shape index (κ1) is 22.3. The van der Waals surface area contributed by atoms with Gasteiger partial charge in [0.15, 0.2) is 0 Å². The molecule has 0 atom stereocenters. The number of benzene rings is 5. The van der Waals surface area contributed by atoms with Crippen LogP contribution >= 0.6 is 0 Å². The zero-order valence-corrected chi connectivity index (χ0v) is 19.4. The van der Waals surface area contributed by atoms with Gasteiger partial charge in [-0.25, -0.2) is 4.83 Å². The predicted octanol–water partition coefficient (Wildman–Crippen LogP) is 5.56. The fraction of sp³-hybridized carbons (Fsp3) is 0. The van der Waals surface area contributed by atoms with Gasteiger partial charge in [0.1, 0.15) is 0 Å². The van der Waals surface area contributed by atoms with Gasteiger partial charge in [0, 0.05) is 11.3 Å². The maximum Gasteiger partial charge on any atom is 0.276 e. The molecule has 5 rings (SSSR count). The Labute approximate surface area is 203 Å². The van der Waals surface area contributed by atoms with E-state index < -0.39 is 10.0 Å². The molecule has 0 saturated carbocycles. The summed E-state index contributed by atoms with van der Waals surface area (Å²) in [6, 6.07) is 32.8. The second-order valence-electron chi connectivity index (χ2n) is 8.00. The van der Waals surface area contributed by atoms with Gasteiger partial charge in [0.05, 0.1) is 11.1 Å². The Kier molecular flexibility index (Phi) is 5.99. The zero-order valence-electron chi connectivity index (χ0n) is 18.5. The van der Waals surface area contributed by atoms with E-state index in [4.69, 9.17) is 0 Å². The molecule has 0 unspecified atom stereocenters. The Bertz CT molecular complexity index is 1680. The zero-order chi connectivity index (χ0) is 24.3. The lowest BCUT2D eigenvalue weighted by Crippen LogP contribution is -2.18. The smallest absolute Gasteiger partial charge is 0.276 e. The van der Waals surface area contributed by atoms with E-state index in [1.54, 1.807) is 48.5 Å². The van der Waals surface area contributed by atoms with Crippen molar-refractivity contribution in [1.82, 2.24) is 4.83 Å². The number of sulfonamides is 1. The van der Waals surface area contributed by atoms with E-state index in [2.05, 4.69) is 15.2 Å². The standard InChI is InChI=1S/C28H21N3O3S/c32-28(25-12-11-21-5-1-3-7-23(21)17-25)30-26-14-9-20(10-15-26)19-29-31-35(33,34)27-16-13-22-6-2-4-8-24(22)18-27/h1-19,31H,(H,30,32)/b29-19+. The van der Waals surface area contributed by atoms with Crippen molar-refractivity contribution in [2.75, 3.05) is 5.32 Å². The van der Waals surface area contributed by atoms with Crippen LogP contribution in [0.25, 0.3) is 21.5 Å². The lowest BCUT2D eigenvalue weighted by molar-refractivity contribution is 0.102. The molecule has 5 aromatic rings. The molecule has 0 fully saturated rings. The van der Waals surface area contributed by atoms with Crippen molar-refractivity contribution in [1.29, 1.82) is 0 Å². The number of hydrogen-bond donors (Lipinski definition) is 2. The fourth-order valence-corrected chi connectivity index (χ4v) is 4.57. The molecule has 0 saturated heterocycles. The van der Waals surface area contributed by atoms with Crippen LogP contribution in [-0.4, -0.2) is 20.5 Å². The number of rotatable bonds is 6. The Balaban J connectivity index is 1.23. The van der Waals surface area contributed by atoms with E-state index in [1.165, 1.54) is 6.21 Å². The monoisotopic (exact) mass is 479 g/mol. The van der Waals surface area contributed by atoms with Gasteiger partial charge in [-0.05, 0) is 63.5 Å². The fourth-order valence-electron chi connectivity index (χ4n) is 3.74. The van der Waals surface area contributed by atoms with Gasteiger partial charge in [0.2, 0.25) is 0 Å². The van der Waals surface area contributed by atoms with Gasteiger partial charge in [0.25, 0.3) is 15.9 Å². The van der Waals surface area contributed by atoms with Crippen LogP contribution in [0.3, 0.4) is 0 Å². The first-order chi connectivity index (χ1) is 17.0. The van der Waals surface area contributed by atoms with Crippen molar-refractivity contribution < 1.29 is 13.2 Å². The molecule has 0 bridgehead atoms. The maximum absolute atomic E-state index is 12.6. The van der Waals surface area contributed by atoms with Crippen molar-refractivity contribution in [3.8, 4) is 0 Å². The van der Waals surface area contributed by atoms with Crippen LogP contribution in [0.2, 0.25) is 0 Å². The Morgan fingerprint density at radius 1 is 0.686 bits per heavy atom. The highest BCUT2D eigenvalue weighted by molar-refractivity contribution is 7.89. The quantitative estimate of drug-likeness (QED) is 0.247. The number of fused-ring (bicyclic) bond motifs is 2. The minimum Gasteiger partial charge on any atom is -0.322 e. The van der Waals surface area contributed by atoms with Crippen LogP contribution in [0.1, 0.15) is 15.9 Å². The molecule has 0 radical (unpaired) electrons. The summed E-state index contributed by atoms with van der Waals surface area (Å²) in [7, 11) is -3.80. The molecule has 35 heavy (non-hydrogen) atoms. The lowest BCUT2D eigenvalue weighted by atomic mass is 10.1. The van der Waals surface area contributed by atoms with Crippen LogP contribution in [0.4, 0.5) is 5.69 Å². The Morgan fingerprint density at radius 2 is 1.29 bits per heavy atom. The molecular weight excluding hydrogens is 458 g/mol. The van der Waals surface area contributed by atoms with E-state index in [0.29, 0.717) is 16.8 Å². The molecule has 0 spiro atoms. The highest BCUT2D eigenvalue weighted by Gasteiger charge is 2.13. The van der Waals surface area contributed by atoms with Crippen molar-refractivity contribution in [2.45, 2.75) is 4.90 Å². The summed E-state index contributed by atoms with van der Waals surface area (Å²) < 4.78 is 25.2. The number of carbonyl (C=O) groups is 1. The predicted molar refractivity (Wildman–Crippen MR) is 140 cm³/mol. The summed E-state index contributed by atoms with van der Waals surface area (Å²) >= 11 is 0. The molecule has 0 aliphatic heterocycles. The molecule has 2 N–H and O–H groups in total. The SMILES string of the molecule is O=C(Nc1ccc(/C=N/NS(=O)(=O)c2ccc3ccccc3c2)cc1)c1ccc2ccccc2c1. The second kappa shape index (κ2) is 9.40. The third kappa shape index (κ3) is 5.05. The van der Waals surface area contributed by atoms with Crippen molar-refractivity contribution >= 4 is 49.4 Å². The Morgan fingerprint density at radius 3 is 1.97 bits per heavy atom. The Hall–Kier alpha value is -4.49. The number of nitrogens with zero attached hydrogens (tertiary/aromatic N) is 1. The lowest BCUT2D eigenvalue weighted by Gasteiger charge is -2.07. The van der Waals surface area contributed by atoms with E-state index >= 15 is 0 Å². The van der Waals surface area contributed by atoms with E-state index in [9.17, 15) is 13.2 Å². The summed E-state index contributed by atoms with van der Waals surface area (Å²) in [5, 5.41) is 10.6. The molecule has 0 aliphatic rings. The van der Waals surface area contributed by atoms with Crippen molar-refractivity contribution in [3.05, 3.63) is 120 Å². The minimum atomic E-state index is -3.80. The number of anilines is 1. The first-order valence-corrected chi connectivity index (χ1v) is 12.4. The largest absolute Gasteiger partial charge is 0.322 e. The summed E-state index contributed by atoms with van der Waals surface area (Å²) in [4.78, 5) is 15.0. The number of amides is 1. The summed E-state index contributed by atoms with van der Waals surface area (Å²) in [6.45, 7) is 0. The average Bonchev–Trinajstić information content (AvgIpc) is 2.89. The van der Waals surface area contributed by atoms with Gasteiger partial charge in [-0.2, -0.15) is 13.5 Å². The van der Waals surface area contributed by atoms with Gasteiger partial charge < -0.3 is 5.32 Å². The molecule has 0 heterocycles. The molecule has 0 aliphatic carbocycles. The van der Waals surface area contributed by atoms with Crippen molar-refractivity contribution in [2.24, 2.45) is 5.10 Å². The van der Waals surface area contributed by atoms with E-state index in [1.807, 2.05) is 60.7 Å². The molecule has 5 aromatic carbocycles. The third-order valence-electron chi connectivity index (χ3n) is 5.60. The number of carbonyl (C=O) groups excluding carboxylic acids is 1. The number of nitrogens with one attached hydrogen (secondary N) is 2. The molecule has 7 heteroatoms. The van der Waals surface area contributed by atoms with Gasteiger partial charge in [-0.3, -0.25) is 4.79 Å². The number of hydrogen-bond acceptors (Lipinski definition) is 4. The first-order valence-electron chi connectivity index (χ1n) is 10.9. The van der Waals surface area contributed by atoms with Crippen LogP contribution < -0.4 is 10.1 Å². The summed E-state index contributed by atoms with van der Waals surface area (Å²) in [5.41, 5.74) is 1.87. The number of hydrazone groups is 1. The van der Waals surface area contributed by atoms with Crippen LogP contribution in [0.15, 0.2) is 119 Å². The maximum atomic E-state index is 12.6. The molecule has 172 valence electrons. The highest BCUT2D eigenvalue weighted by atomic mass is 32.2. The van der Waals surface area contributed by atoms with Crippen LogP contribution in [0.5, 0.6) is 0 Å². The van der Waals surface area contributed by atoms with E-state index in [-0.39, 0.29) is 10.8 Å². The molecule has 1 amide bonds. The van der Waals surface area contributed by atoms with Crippen LogP contribution in [-0.2, 0) is 10.0 Å². The average molecular weight is 480 g/mol. The molecule has 0 aromatic heterocycles. The van der Waals surface area contributed by atoms with Gasteiger partial charge in [-0.1, -0.05) is 72.8 Å². The van der Waals surface area contributed by atoms with E-state index in [0.717, 1.165) is 21.5 Å². The summed E-state index contributed by atoms with van der Waals surface area (Å²) in [6.07, 6.45) is 1.41. The second-order valence-corrected chi connectivity index (χ2v) is 9.66. The molecular formula is C28H21N3O3S. The van der Waals surface area contributed by atoms with Gasteiger partial charge >= 0.3 is 0 Å². The topological polar surface area (TPSA) is 87.6 Å². The molecule has 6 nitrogen and oxygen atoms in total. The minimum absolute atomic E-state index is 0.139.